The van der Waals surface area contributed by atoms with Gasteiger partial charge in [-0.25, -0.2) is 4.21 Å². The van der Waals surface area contributed by atoms with E-state index >= 15 is 0 Å². The van der Waals surface area contributed by atoms with Crippen molar-refractivity contribution >= 4 is 51.8 Å². The first-order chi connectivity index (χ1) is 8.56. The van der Waals surface area contributed by atoms with Crippen LogP contribution in [0.3, 0.4) is 0 Å². The Bertz CT molecular complexity index is 500. The van der Waals surface area contributed by atoms with Crippen LogP contribution in [0.15, 0.2) is 17.1 Å². The average molecular weight is 309 g/mol. The second kappa shape index (κ2) is 5.75. The van der Waals surface area contributed by atoms with Crippen molar-refractivity contribution < 1.29 is 8.76 Å². The van der Waals surface area contributed by atoms with Gasteiger partial charge in [0.15, 0.2) is 5.96 Å². The maximum atomic E-state index is 10.6. The summed E-state index contributed by atoms with van der Waals surface area (Å²) in [6, 6.07) is 3.00. The molecule has 1 aliphatic heterocycles. The van der Waals surface area contributed by atoms with Crippen LogP contribution in [0.4, 0.5) is 11.4 Å². The molecule has 0 aromatic heterocycles. The molecule has 1 unspecified atom stereocenters. The monoisotopic (exact) mass is 308 g/mol. The molecule has 0 spiro atoms. The van der Waals surface area contributed by atoms with Gasteiger partial charge in [-0.1, -0.05) is 23.2 Å². The largest absolute Gasteiger partial charge is 0.354 e. The van der Waals surface area contributed by atoms with Crippen molar-refractivity contribution in [2.45, 2.75) is 0 Å². The number of anilines is 2. The molecule has 1 atom stereocenters. The predicted octanol–water partition coefficient (Wildman–Crippen LogP) is 1.91. The molecule has 0 bridgehead atoms. The standard InChI is InChI=1S/C9H10Cl2N4O2S/c10-6-3-5(15-18(16)17)4-7(11)8(6)14-9-12-1-2-13-9/h3-4,15H,1-2H2,(H,16,17)(H2,12,13,14). The molecular formula is C9H10Cl2N4O2S. The minimum absolute atomic E-state index is 0.326. The van der Waals surface area contributed by atoms with Crippen LogP contribution >= 0.6 is 23.2 Å². The summed E-state index contributed by atoms with van der Waals surface area (Å²) >= 11 is 9.93. The maximum absolute atomic E-state index is 10.6. The number of nitrogens with zero attached hydrogens (tertiary/aromatic N) is 1. The molecule has 2 rings (SSSR count). The van der Waals surface area contributed by atoms with Gasteiger partial charge in [-0.3, -0.25) is 14.3 Å². The number of guanidine groups is 1. The van der Waals surface area contributed by atoms with E-state index in [1.165, 1.54) is 12.1 Å². The summed E-state index contributed by atoms with van der Waals surface area (Å²) in [6.07, 6.45) is 0. The molecule has 98 valence electrons. The van der Waals surface area contributed by atoms with Gasteiger partial charge in [0.25, 0.3) is 11.3 Å². The molecule has 1 heterocycles. The van der Waals surface area contributed by atoms with Gasteiger partial charge in [-0.2, -0.15) is 0 Å². The highest BCUT2D eigenvalue weighted by Gasteiger charge is 2.12. The second-order valence-electron chi connectivity index (χ2n) is 3.45. The van der Waals surface area contributed by atoms with Gasteiger partial charge in [-0.15, -0.1) is 0 Å². The van der Waals surface area contributed by atoms with E-state index in [-0.39, 0.29) is 0 Å². The predicted molar refractivity (Wildman–Crippen MR) is 74.8 cm³/mol. The zero-order valence-corrected chi connectivity index (χ0v) is 11.4. The number of nitrogens with one attached hydrogen (secondary N) is 3. The quantitative estimate of drug-likeness (QED) is 0.643. The van der Waals surface area contributed by atoms with Crippen molar-refractivity contribution in [2.75, 3.05) is 23.1 Å². The van der Waals surface area contributed by atoms with E-state index in [4.69, 9.17) is 27.8 Å². The summed E-state index contributed by atoms with van der Waals surface area (Å²) in [6.45, 7) is 1.46. The lowest BCUT2D eigenvalue weighted by Gasteiger charge is -2.12. The number of benzene rings is 1. The molecule has 9 heteroatoms. The van der Waals surface area contributed by atoms with Crippen molar-refractivity contribution in [3.05, 3.63) is 22.2 Å². The van der Waals surface area contributed by atoms with Crippen LogP contribution in [0.2, 0.25) is 10.0 Å². The van der Waals surface area contributed by atoms with Gasteiger partial charge in [0.2, 0.25) is 0 Å². The Morgan fingerprint density at radius 3 is 2.56 bits per heavy atom. The molecule has 1 aliphatic rings. The molecule has 6 nitrogen and oxygen atoms in total. The van der Waals surface area contributed by atoms with Gasteiger partial charge in [0.05, 0.1) is 28.0 Å². The zero-order valence-electron chi connectivity index (χ0n) is 9.04. The van der Waals surface area contributed by atoms with E-state index in [1.807, 2.05) is 0 Å². The summed E-state index contributed by atoms with van der Waals surface area (Å²) in [7, 11) is 0. The van der Waals surface area contributed by atoms with Crippen molar-refractivity contribution in [1.29, 1.82) is 0 Å². The molecule has 1 aromatic rings. The topological polar surface area (TPSA) is 85.8 Å². The first-order valence-electron chi connectivity index (χ1n) is 4.98. The van der Waals surface area contributed by atoms with Gasteiger partial charge in [0, 0.05) is 6.54 Å². The van der Waals surface area contributed by atoms with Gasteiger partial charge in [-0.05, 0) is 12.1 Å². The van der Waals surface area contributed by atoms with Gasteiger partial charge in [0.1, 0.15) is 0 Å². The first-order valence-corrected chi connectivity index (χ1v) is 6.84. The Morgan fingerprint density at radius 1 is 1.39 bits per heavy atom. The second-order valence-corrected chi connectivity index (χ2v) is 4.97. The molecule has 0 amide bonds. The van der Waals surface area contributed by atoms with Crippen LogP contribution in [0.5, 0.6) is 0 Å². The van der Waals surface area contributed by atoms with Gasteiger partial charge >= 0.3 is 0 Å². The molecule has 0 saturated heterocycles. The third-order valence-corrected chi connectivity index (χ3v) is 3.17. The van der Waals surface area contributed by atoms with Crippen molar-refractivity contribution in [3.63, 3.8) is 0 Å². The van der Waals surface area contributed by atoms with E-state index in [2.05, 4.69) is 20.3 Å². The lowest BCUT2D eigenvalue weighted by atomic mass is 10.3. The third-order valence-electron chi connectivity index (χ3n) is 2.16. The molecule has 4 N–H and O–H groups in total. The SMILES string of the molecule is O=S(O)Nc1cc(Cl)c(NC2=NCCN2)c(Cl)c1. The fourth-order valence-electron chi connectivity index (χ4n) is 1.45. The highest BCUT2D eigenvalue weighted by atomic mass is 35.5. The fraction of sp³-hybridized carbons (Fsp3) is 0.222. The lowest BCUT2D eigenvalue weighted by molar-refractivity contribution is 0.570. The normalized spacial score (nSPS) is 15.8. The number of rotatable bonds is 3. The third kappa shape index (κ3) is 3.26. The average Bonchev–Trinajstić information content (AvgIpc) is 2.75. The van der Waals surface area contributed by atoms with Crippen molar-refractivity contribution in [1.82, 2.24) is 5.32 Å². The number of halogens is 2. The smallest absolute Gasteiger partial charge is 0.259 e. The van der Waals surface area contributed by atoms with Crippen LogP contribution in [0, 0.1) is 0 Å². The van der Waals surface area contributed by atoms with Crippen molar-refractivity contribution in [2.24, 2.45) is 4.99 Å². The van der Waals surface area contributed by atoms with E-state index in [0.717, 1.165) is 6.54 Å². The van der Waals surface area contributed by atoms with E-state index in [9.17, 15) is 4.21 Å². The summed E-state index contributed by atoms with van der Waals surface area (Å²) < 4.78 is 21.6. The number of aliphatic imine (C=N–C) groups is 1. The van der Waals surface area contributed by atoms with Crippen LogP contribution in [-0.2, 0) is 11.3 Å². The van der Waals surface area contributed by atoms with Crippen LogP contribution in [-0.4, -0.2) is 27.8 Å². The summed E-state index contributed by atoms with van der Waals surface area (Å²) in [5, 5.41) is 6.64. The Labute approximate surface area is 116 Å². The molecular weight excluding hydrogens is 299 g/mol. The Morgan fingerprint density at radius 2 is 2.06 bits per heavy atom. The Kier molecular flexibility index (Phi) is 4.28. The molecule has 0 aliphatic carbocycles. The first kappa shape index (κ1) is 13.4. The maximum Gasteiger partial charge on any atom is 0.259 e. The van der Waals surface area contributed by atoms with E-state index in [1.54, 1.807) is 0 Å². The Balaban J connectivity index is 2.23. The minimum atomic E-state index is -2.17. The lowest BCUT2D eigenvalue weighted by Crippen LogP contribution is -2.26. The van der Waals surface area contributed by atoms with Crippen LogP contribution in [0.25, 0.3) is 0 Å². The molecule has 18 heavy (non-hydrogen) atoms. The summed E-state index contributed by atoms with van der Waals surface area (Å²) in [5.41, 5.74) is 0.860. The molecule has 0 saturated carbocycles. The number of hydrogen-bond acceptors (Lipinski definition) is 4. The fourth-order valence-corrected chi connectivity index (χ4v) is 2.35. The van der Waals surface area contributed by atoms with Crippen molar-refractivity contribution in [3.8, 4) is 0 Å². The molecule has 1 aromatic carbocycles. The number of hydrogen-bond donors (Lipinski definition) is 4. The van der Waals surface area contributed by atoms with Crippen LogP contribution < -0.4 is 15.4 Å². The zero-order chi connectivity index (χ0) is 13.1. The molecule has 0 radical (unpaired) electrons. The minimum Gasteiger partial charge on any atom is -0.354 e. The summed E-state index contributed by atoms with van der Waals surface area (Å²) in [5.74, 6) is 0.602. The van der Waals surface area contributed by atoms with E-state index < -0.39 is 11.3 Å². The Hall–Kier alpha value is -1.02. The highest BCUT2D eigenvalue weighted by Crippen LogP contribution is 2.34. The van der Waals surface area contributed by atoms with Crippen LogP contribution in [0.1, 0.15) is 0 Å². The van der Waals surface area contributed by atoms with Gasteiger partial charge < -0.3 is 10.6 Å². The van der Waals surface area contributed by atoms with E-state index in [0.29, 0.717) is 33.9 Å². The molecule has 0 fully saturated rings. The highest BCUT2D eigenvalue weighted by molar-refractivity contribution is 7.80. The summed E-state index contributed by atoms with van der Waals surface area (Å²) in [4.78, 5) is 4.16.